The number of hydrogen-bond donors (Lipinski definition) is 2. The zero-order chi connectivity index (χ0) is 16.8. The normalized spacial score (nSPS) is 16.5. The molecule has 0 heterocycles. The summed E-state index contributed by atoms with van der Waals surface area (Å²) in [4.78, 5) is 23.9. The maximum atomic E-state index is 12.0. The van der Waals surface area contributed by atoms with E-state index in [2.05, 4.69) is 10.6 Å². The third kappa shape index (κ3) is 5.29. The lowest BCUT2D eigenvalue weighted by molar-refractivity contribution is -0.126. The van der Waals surface area contributed by atoms with Crippen molar-refractivity contribution in [1.29, 1.82) is 0 Å². The third-order valence-corrected chi connectivity index (χ3v) is 4.57. The lowest BCUT2D eigenvalue weighted by Gasteiger charge is -2.23. The van der Waals surface area contributed by atoms with E-state index in [0.717, 1.165) is 25.7 Å². The zero-order valence-corrected chi connectivity index (χ0v) is 14.4. The topological polar surface area (TPSA) is 67.4 Å². The fraction of sp³-hybridized carbons (Fsp3) is 0.500. The first-order chi connectivity index (χ1) is 11.0. The first kappa shape index (κ1) is 17.9. The largest absolute Gasteiger partial charge is 0.479 e. The average Bonchev–Trinajstić information content (AvgIpc) is 2.52. The van der Waals surface area contributed by atoms with Crippen molar-refractivity contribution in [3.05, 3.63) is 28.2 Å². The minimum Gasteiger partial charge on any atom is -0.479 e. The summed E-state index contributed by atoms with van der Waals surface area (Å²) in [6.45, 7) is 1.54. The van der Waals surface area contributed by atoms with E-state index in [1.54, 1.807) is 25.1 Å². The number of halogens is 2. The van der Waals surface area contributed by atoms with E-state index >= 15 is 0 Å². The van der Waals surface area contributed by atoms with Crippen LogP contribution in [0.1, 0.15) is 39.0 Å². The highest BCUT2D eigenvalue weighted by molar-refractivity contribution is 6.42. The number of carbonyl (C=O) groups excluding carboxylic acids is 2. The van der Waals surface area contributed by atoms with Crippen molar-refractivity contribution < 1.29 is 14.3 Å². The Bertz CT molecular complexity index is 574. The second kappa shape index (κ2) is 8.41. The maximum Gasteiger partial charge on any atom is 0.321 e. The molecule has 3 amide bonds. The van der Waals surface area contributed by atoms with E-state index in [0.29, 0.717) is 10.8 Å². The first-order valence-electron chi connectivity index (χ1n) is 7.69. The molecule has 0 unspecified atom stereocenters. The third-order valence-electron chi connectivity index (χ3n) is 3.77. The highest BCUT2D eigenvalue weighted by Gasteiger charge is 2.21. The number of amides is 3. The number of nitrogens with one attached hydrogen (secondary N) is 2. The van der Waals surface area contributed by atoms with E-state index in [1.165, 1.54) is 6.42 Å². The molecule has 7 heteroatoms. The Morgan fingerprint density at radius 3 is 2.61 bits per heavy atom. The SMILES string of the molecule is C[C@@H](Oc1cccc(Cl)c1Cl)C(=O)NC(=O)NC1CCCCC1. The van der Waals surface area contributed by atoms with Crippen molar-refractivity contribution in [3.8, 4) is 5.75 Å². The van der Waals surface area contributed by atoms with Crippen LogP contribution in [0.25, 0.3) is 0 Å². The molecule has 1 aliphatic carbocycles. The molecule has 1 aromatic rings. The Morgan fingerprint density at radius 1 is 1.22 bits per heavy atom. The van der Waals surface area contributed by atoms with Gasteiger partial charge in [-0.15, -0.1) is 0 Å². The van der Waals surface area contributed by atoms with Crippen LogP contribution in [0, 0.1) is 0 Å². The second-order valence-electron chi connectivity index (χ2n) is 5.61. The maximum absolute atomic E-state index is 12.0. The molecule has 23 heavy (non-hydrogen) atoms. The average molecular weight is 359 g/mol. The molecular weight excluding hydrogens is 339 g/mol. The van der Waals surface area contributed by atoms with Gasteiger partial charge in [-0.1, -0.05) is 48.5 Å². The summed E-state index contributed by atoms with van der Waals surface area (Å²) >= 11 is 11.9. The molecule has 0 radical (unpaired) electrons. The quantitative estimate of drug-likeness (QED) is 0.856. The van der Waals surface area contributed by atoms with Crippen LogP contribution >= 0.6 is 23.2 Å². The van der Waals surface area contributed by atoms with Gasteiger partial charge in [0.1, 0.15) is 10.8 Å². The Kier molecular flexibility index (Phi) is 6.54. The monoisotopic (exact) mass is 358 g/mol. The van der Waals surface area contributed by atoms with Gasteiger partial charge in [0, 0.05) is 6.04 Å². The van der Waals surface area contributed by atoms with Gasteiger partial charge in [0.05, 0.1) is 5.02 Å². The van der Waals surface area contributed by atoms with Crippen molar-refractivity contribution in [2.45, 2.75) is 51.2 Å². The predicted molar refractivity (Wildman–Crippen MR) is 90.1 cm³/mol. The summed E-state index contributed by atoms with van der Waals surface area (Å²) in [6.07, 6.45) is 4.43. The van der Waals surface area contributed by atoms with Gasteiger partial charge < -0.3 is 10.1 Å². The van der Waals surface area contributed by atoms with Gasteiger partial charge in [0.2, 0.25) is 0 Å². The van der Waals surface area contributed by atoms with Gasteiger partial charge >= 0.3 is 6.03 Å². The van der Waals surface area contributed by atoms with Gasteiger partial charge in [-0.2, -0.15) is 0 Å². The van der Waals surface area contributed by atoms with Crippen molar-refractivity contribution in [3.63, 3.8) is 0 Å². The lowest BCUT2D eigenvalue weighted by Crippen LogP contribution is -2.48. The predicted octanol–water partition coefficient (Wildman–Crippen LogP) is 3.92. The van der Waals surface area contributed by atoms with Crippen molar-refractivity contribution in [2.75, 3.05) is 0 Å². The number of urea groups is 1. The van der Waals surface area contributed by atoms with Crippen LogP contribution < -0.4 is 15.4 Å². The Morgan fingerprint density at radius 2 is 1.91 bits per heavy atom. The molecule has 0 saturated heterocycles. The summed E-state index contributed by atoms with van der Waals surface area (Å²) in [5.74, 6) is -0.233. The van der Waals surface area contributed by atoms with Crippen molar-refractivity contribution >= 4 is 35.1 Å². The van der Waals surface area contributed by atoms with E-state index in [1.807, 2.05) is 0 Å². The summed E-state index contributed by atoms with van der Waals surface area (Å²) < 4.78 is 5.47. The summed E-state index contributed by atoms with van der Waals surface area (Å²) in [5.41, 5.74) is 0. The molecular formula is C16H20Cl2N2O3. The van der Waals surface area contributed by atoms with Crippen LogP contribution in [0.5, 0.6) is 5.75 Å². The van der Waals surface area contributed by atoms with Gasteiger partial charge in [0.15, 0.2) is 6.10 Å². The van der Waals surface area contributed by atoms with E-state index < -0.39 is 18.0 Å². The number of hydrogen-bond acceptors (Lipinski definition) is 3. The van der Waals surface area contributed by atoms with Crippen LogP contribution in [0.4, 0.5) is 4.79 Å². The molecule has 0 aromatic heterocycles. The minimum absolute atomic E-state index is 0.134. The zero-order valence-electron chi connectivity index (χ0n) is 12.9. The van der Waals surface area contributed by atoms with Crippen LogP contribution in [-0.2, 0) is 4.79 Å². The lowest BCUT2D eigenvalue weighted by atomic mass is 9.96. The standard InChI is InChI=1S/C16H20Cl2N2O3/c1-10(23-13-9-5-8-12(17)14(13)18)15(21)20-16(22)19-11-6-3-2-4-7-11/h5,8-11H,2-4,6-7H2,1H3,(H2,19,20,21,22)/t10-/m1/s1. The summed E-state index contributed by atoms with van der Waals surface area (Å²) in [7, 11) is 0. The van der Waals surface area contributed by atoms with Crippen LogP contribution in [-0.4, -0.2) is 24.1 Å². The molecule has 1 aliphatic rings. The molecule has 1 saturated carbocycles. The minimum atomic E-state index is -0.872. The number of ether oxygens (including phenoxy) is 1. The van der Waals surface area contributed by atoms with Gasteiger partial charge in [-0.3, -0.25) is 10.1 Å². The van der Waals surface area contributed by atoms with Crippen molar-refractivity contribution in [1.82, 2.24) is 10.6 Å². The summed E-state index contributed by atoms with van der Waals surface area (Å²) in [6, 6.07) is 4.55. The number of imide groups is 1. The van der Waals surface area contributed by atoms with Gasteiger partial charge in [-0.25, -0.2) is 4.79 Å². The Hall–Kier alpha value is -1.46. The first-order valence-corrected chi connectivity index (χ1v) is 8.45. The summed E-state index contributed by atoms with van der Waals surface area (Å²) in [5, 5.41) is 5.68. The van der Waals surface area contributed by atoms with E-state index in [-0.39, 0.29) is 11.1 Å². The van der Waals surface area contributed by atoms with Gasteiger partial charge in [-0.05, 0) is 31.9 Å². The molecule has 126 valence electrons. The highest BCUT2D eigenvalue weighted by atomic mass is 35.5. The fourth-order valence-electron chi connectivity index (χ4n) is 2.50. The molecule has 5 nitrogen and oxygen atoms in total. The Labute approximate surface area is 145 Å². The van der Waals surface area contributed by atoms with Gasteiger partial charge in [0.25, 0.3) is 5.91 Å². The highest BCUT2D eigenvalue weighted by Crippen LogP contribution is 2.32. The Balaban J connectivity index is 1.84. The molecule has 1 fully saturated rings. The smallest absolute Gasteiger partial charge is 0.321 e. The molecule has 2 N–H and O–H groups in total. The van der Waals surface area contributed by atoms with Crippen LogP contribution in [0.15, 0.2) is 18.2 Å². The molecule has 1 atom stereocenters. The molecule has 0 bridgehead atoms. The molecule has 0 aliphatic heterocycles. The number of carbonyl (C=O) groups is 2. The fourth-order valence-corrected chi connectivity index (χ4v) is 2.84. The van der Waals surface area contributed by atoms with E-state index in [9.17, 15) is 9.59 Å². The number of benzene rings is 1. The molecule has 2 rings (SSSR count). The van der Waals surface area contributed by atoms with Crippen LogP contribution in [0.3, 0.4) is 0 Å². The van der Waals surface area contributed by atoms with E-state index in [4.69, 9.17) is 27.9 Å². The van der Waals surface area contributed by atoms with Crippen molar-refractivity contribution in [2.24, 2.45) is 0 Å². The number of rotatable bonds is 4. The van der Waals surface area contributed by atoms with Crippen LogP contribution in [0.2, 0.25) is 10.0 Å². The second-order valence-corrected chi connectivity index (χ2v) is 6.39. The molecule has 1 aromatic carbocycles. The molecule has 0 spiro atoms.